The predicted octanol–water partition coefficient (Wildman–Crippen LogP) is 2.46. The molecule has 0 saturated heterocycles. The molecule has 0 aliphatic rings. The topological polar surface area (TPSA) is 85.1 Å². The summed E-state index contributed by atoms with van der Waals surface area (Å²) in [6.45, 7) is 8.77. The molecular weight excluding hydrogens is 300 g/mol. The minimum Gasteiger partial charge on any atom is -0.493 e. The van der Waals surface area contributed by atoms with E-state index in [4.69, 9.17) is 9.47 Å². The Balaban J connectivity index is 2.73. The van der Waals surface area contributed by atoms with Crippen molar-refractivity contribution in [3.05, 3.63) is 28.3 Å². The van der Waals surface area contributed by atoms with Gasteiger partial charge in [0, 0.05) is 24.7 Å². The SMILES string of the molecule is COc1ccc([N+](=O)[O-])cc1OCC(O)CN(C(C)C)C(C)C. The fourth-order valence-electron chi connectivity index (χ4n) is 2.39. The second kappa shape index (κ2) is 8.69. The van der Waals surface area contributed by atoms with Crippen LogP contribution >= 0.6 is 0 Å². The van der Waals surface area contributed by atoms with Crippen molar-refractivity contribution in [3.63, 3.8) is 0 Å². The molecule has 1 rings (SSSR count). The van der Waals surface area contributed by atoms with Crippen LogP contribution in [0.2, 0.25) is 0 Å². The molecule has 0 bridgehead atoms. The zero-order chi connectivity index (χ0) is 17.6. The van der Waals surface area contributed by atoms with E-state index in [-0.39, 0.29) is 18.0 Å². The van der Waals surface area contributed by atoms with Crippen LogP contribution in [0.3, 0.4) is 0 Å². The van der Waals surface area contributed by atoms with Crippen LogP contribution in [0.25, 0.3) is 0 Å². The van der Waals surface area contributed by atoms with E-state index in [1.54, 1.807) is 0 Å². The van der Waals surface area contributed by atoms with Crippen molar-refractivity contribution in [2.75, 3.05) is 20.3 Å². The third kappa shape index (κ3) is 5.69. The highest BCUT2D eigenvalue weighted by Gasteiger charge is 2.19. The Hall–Kier alpha value is -1.86. The third-order valence-electron chi connectivity index (χ3n) is 3.54. The summed E-state index contributed by atoms with van der Waals surface area (Å²) < 4.78 is 10.7. The molecule has 7 nitrogen and oxygen atoms in total. The lowest BCUT2D eigenvalue weighted by molar-refractivity contribution is -0.385. The third-order valence-corrected chi connectivity index (χ3v) is 3.54. The number of nitrogens with zero attached hydrogens (tertiary/aromatic N) is 2. The summed E-state index contributed by atoms with van der Waals surface area (Å²) >= 11 is 0. The minimum atomic E-state index is -0.705. The number of hydrogen-bond donors (Lipinski definition) is 1. The quantitative estimate of drug-likeness (QED) is 0.554. The molecule has 0 amide bonds. The number of non-ortho nitro benzene ring substituents is 1. The summed E-state index contributed by atoms with van der Waals surface area (Å²) in [4.78, 5) is 12.5. The van der Waals surface area contributed by atoms with Crippen molar-refractivity contribution in [2.45, 2.75) is 45.9 Å². The van der Waals surface area contributed by atoms with Crippen LogP contribution < -0.4 is 9.47 Å². The van der Waals surface area contributed by atoms with Gasteiger partial charge in [-0.25, -0.2) is 0 Å². The number of benzene rings is 1. The molecule has 0 aliphatic heterocycles. The van der Waals surface area contributed by atoms with Gasteiger partial charge in [-0.3, -0.25) is 15.0 Å². The molecule has 0 saturated carbocycles. The Morgan fingerprint density at radius 1 is 1.22 bits per heavy atom. The molecule has 1 aromatic rings. The number of aliphatic hydroxyl groups excluding tert-OH is 1. The van der Waals surface area contributed by atoms with Crippen LogP contribution in [0.5, 0.6) is 11.5 Å². The van der Waals surface area contributed by atoms with Crippen LogP contribution in [0.1, 0.15) is 27.7 Å². The van der Waals surface area contributed by atoms with Crippen molar-refractivity contribution in [1.82, 2.24) is 4.90 Å². The van der Waals surface area contributed by atoms with E-state index in [0.29, 0.717) is 24.4 Å². The lowest BCUT2D eigenvalue weighted by Gasteiger charge is -2.32. The zero-order valence-electron chi connectivity index (χ0n) is 14.4. The van der Waals surface area contributed by atoms with Gasteiger partial charge in [-0.05, 0) is 33.8 Å². The van der Waals surface area contributed by atoms with Gasteiger partial charge >= 0.3 is 0 Å². The molecule has 0 radical (unpaired) electrons. The monoisotopic (exact) mass is 326 g/mol. The Bertz CT molecular complexity index is 511. The van der Waals surface area contributed by atoms with E-state index in [1.165, 1.54) is 25.3 Å². The maximum absolute atomic E-state index is 10.8. The lowest BCUT2D eigenvalue weighted by Crippen LogP contribution is -2.43. The largest absolute Gasteiger partial charge is 0.493 e. The van der Waals surface area contributed by atoms with Crippen molar-refractivity contribution >= 4 is 5.69 Å². The van der Waals surface area contributed by atoms with Gasteiger partial charge in [-0.15, -0.1) is 0 Å². The number of nitro groups is 1. The molecule has 1 atom stereocenters. The average Bonchev–Trinajstić information content (AvgIpc) is 2.49. The van der Waals surface area contributed by atoms with Gasteiger partial charge in [-0.2, -0.15) is 0 Å². The highest BCUT2D eigenvalue weighted by atomic mass is 16.6. The van der Waals surface area contributed by atoms with Gasteiger partial charge in [0.1, 0.15) is 12.7 Å². The van der Waals surface area contributed by atoms with Gasteiger partial charge < -0.3 is 14.6 Å². The molecular formula is C16H26N2O5. The lowest BCUT2D eigenvalue weighted by atomic mass is 10.2. The number of nitro benzene ring substituents is 1. The highest BCUT2D eigenvalue weighted by molar-refractivity contribution is 5.48. The van der Waals surface area contributed by atoms with E-state index in [9.17, 15) is 15.2 Å². The van der Waals surface area contributed by atoms with Gasteiger partial charge in [0.2, 0.25) is 0 Å². The molecule has 7 heteroatoms. The van der Waals surface area contributed by atoms with Gasteiger partial charge in [0.05, 0.1) is 18.1 Å². The molecule has 0 spiro atoms. The van der Waals surface area contributed by atoms with Gasteiger partial charge in [-0.1, -0.05) is 0 Å². The maximum Gasteiger partial charge on any atom is 0.273 e. The number of methoxy groups -OCH3 is 1. The molecule has 23 heavy (non-hydrogen) atoms. The van der Waals surface area contributed by atoms with Crippen LogP contribution in [-0.4, -0.2) is 53.4 Å². The Kier molecular flexibility index (Phi) is 7.25. The Morgan fingerprint density at radius 3 is 2.30 bits per heavy atom. The highest BCUT2D eigenvalue weighted by Crippen LogP contribution is 2.31. The molecule has 0 aromatic heterocycles. The molecule has 1 aromatic carbocycles. The van der Waals surface area contributed by atoms with Crippen molar-refractivity contribution in [1.29, 1.82) is 0 Å². The smallest absolute Gasteiger partial charge is 0.273 e. The minimum absolute atomic E-state index is 0.0352. The van der Waals surface area contributed by atoms with Crippen LogP contribution in [0.4, 0.5) is 5.69 Å². The van der Waals surface area contributed by atoms with Crippen LogP contribution in [0, 0.1) is 10.1 Å². The van der Waals surface area contributed by atoms with Gasteiger partial charge in [0.15, 0.2) is 11.5 Å². The van der Waals surface area contributed by atoms with E-state index in [2.05, 4.69) is 32.6 Å². The summed E-state index contributed by atoms with van der Waals surface area (Å²) in [6, 6.07) is 4.73. The summed E-state index contributed by atoms with van der Waals surface area (Å²) in [5.41, 5.74) is -0.0822. The molecule has 1 N–H and O–H groups in total. The second-order valence-electron chi connectivity index (χ2n) is 5.94. The van der Waals surface area contributed by atoms with E-state index in [1.807, 2.05) is 0 Å². The fourth-order valence-corrected chi connectivity index (χ4v) is 2.39. The van der Waals surface area contributed by atoms with Crippen molar-refractivity contribution < 1.29 is 19.5 Å². The standard InChI is InChI=1S/C16H26N2O5/c1-11(2)17(12(3)4)9-14(19)10-23-16-8-13(18(20)21)6-7-15(16)22-5/h6-8,11-12,14,19H,9-10H2,1-5H3. The van der Waals surface area contributed by atoms with Crippen LogP contribution in [-0.2, 0) is 0 Å². The first-order chi connectivity index (χ1) is 10.8. The van der Waals surface area contributed by atoms with E-state index >= 15 is 0 Å². The molecule has 130 valence electrons. The first kappa shape index (κ1) is 19.2. The van der Waals surface area contributed by atoms with E-state index in [0.717, 1.165) is 0 Å². The number of ether oxygens (including phenoxy) is 2. The fraction of sp³-hybridized carbons (Fsp3) is 0.625. The normalized spacial score (nSPS) is 12.7. The predicted molar refractivity (Wildman–Crippen MR) is 88.1 cm³/mol. The van der Waals surface area contributed by atoms with Gasteiger partial charge in [0.25, 0.3) is 5.69 Å². The molecule has 1 unspecified atom stereocenters. The second-order valence-corrected chi connectivity index (χ2v) is 5.94. The number of hydrogen-bond acceptors (Lipinski definition) is 6. The Morgan fingerprint density at radius 2 is 1.83 bits per heavy atom. The first-order valence-electron chi connectivity index (χ1n) is 7.65. The summed E-state index contributed by atoms with van der Waals surface area (Å²) in [6.07, 6.45) is -0.705. The first-order valence-corrected chi connectivity index (χ1v) is 7.65. The molecule has 0 fully saturated rings. The molecule has 0 aliphatic carbocycles. The van der Waals surface area contributed by atoms with E-state index < -0.39 is 11.0 Å². The van der Waals surface area contributed by atoms with Crippen molar-refractivity contribution in [3.8, 4) is 11.5 Å². The van der Waals surface area contributed by atoms with Crippen LogP contribution in [0.15, 0.2) is 18.2 Å². The summed E-state index contributed by atoms with van der Waals surface area (Å²) in [7, 11) is 1.46. The molecule has 0 heterocycles. The van der Waals surface area contributed by atoms with Crippen molar-refractivity contribution in [2.24, 2.45) is 0 Å². The number of rotatable bonds is 9. The Labute approximate surface area is 137 Å². The number of aliphatic hydroxyl groups is 1. The maximum atomic E-state index is 10.8. The zero-order valence-corrected chi connectivity index (χ0v) is 14.4. The summed E-state index contributed by atoms with van der Waals surface area (Å²) in [5.74, 6) is 0.647. The summed E-state index contributed by atoms with van der Waals surface area (Å²) in [5, 5.41) is 21.0. The average molecular weight is 326 g/mol.